The lowest BCUT2D eigenvalue weighted by Crippen LogP contribution is -2.52. The van der Waals surface area contributed by atoms with E-state index in [2.05, 4.69) is 34.6 Å². The zero-order valence-electron chi connectivity index (χ0n) is 13.5. The summed E-state index contributed by atoms with van der Waals surface area (Å²) in [5.74, 6) is -0.127. The van der Waals surface area contributed by atoms with Crippen LogP contribution in [0.3, 0.4) is 0 Å². The molecule has 112 valence electrons. The number of methoxy groups -OCH3 is 1. The molecule has 1 aliphatic carbocycles. The smallest absolute Gasteiger partial charge is 0.306 e. The topological polar surface area (TPSA) is 52.3 Å². The highest BCUT2D eigenvalue weighted by Crippen LogP contribution is 2.57. The first-order valence-electron chi connectivity index (χ1n) is 7.38. The van der Waals surface area contributed by atoms with Gasteiger partial charge in [0.2, 0.25) is 0 Å². The summed E-state index contributed by atoms with van der Waals surface area (Å²) in [6.45, 7) is 11.3. The van der Waals surface area contributed by atoms with Gasteiger partial charge in [-0.2, -0.15) is 0 Å². The Morgan fingerprint density at radius 1 is 1.16 bits per heavy atom. The van der Waals surface area contributed by atoms with Gasteiger partial charge in [-0.1, -0.05) is 34.6 Å². The van der Waals surface area contributed by atoms with Crippen molar-refractivity contribution < 1.29 is 9.53 Å². The first kappa shape index (κ1) is 16.5. The van der Waals surface area contributed by atoms with Crippen LogP contribution >= 0.6 is 0 Å². The predicted molar refractivity (Wildman–Crippen MR) is 78.7 cm³/mol. The molecule has 0 aromatic carbocycles. The van der Waals surface area contributed by atoms with Gasteiger partial charge in [0, 0.05) is 6.04 Å². The van der Waals surface area contributed by atoms with Gasteiger partial charge >= 0.3 is 5.97 Å². The minimum atomic E-state index is -0.127. The van der Waals surface area contributed by atoms with E-state index in [1.807, 2.05) is 0 Å². The lowest BCUT2D eigenvalue weighted by molar-refractivity contribution is -0.147. The van der Waals surface area contributed by atoms with Gasteiger partial charge in [-0.25, -0.2) is 0 Å². The second kappa shape index (κ2) is 5.43. The van der Waals surface area contributed by atoms with Crippen molar-refractivity contribution in [1.82, 2.24) is 0 Å². The average Bonchev–Trinajstić information content (AvgIpc) is 2.23. The summed E-state index contributed by atoms with van der Waals surface area (Å²) < 4.78 is 4.91. The molecule has 1 aliphatic rings. The molecule has 3 heteroatoms. The first-order valence-corrected chi connectivity index (χ1v) is 7.38. The van der Waals surface area contributed by atoms with Crippen molar-refractivity contribution in [2.75, 3.05) is 7.11 Å². The fourth-order valence-electron chi connectivity index (χ4n) is 4.70. The summed E-state index contributed by atoms with van der Waals surface area (Å²) in [5.41, 5.74) is 6.75. The SMILES string of the molecule is CCC(N)C1(CC(=O)OC)CC(C)(C)CC(C)(C)C1. The molecule has 0 aromatic rings. The van der Waals surface area contributed by atoms with Crippen molar-refractivity contribution in [2.24, 2.45) is 22.0 Å². The van der Waals surface area contributed by atoms with Crippen molar-refractivity contribution in [3.05, 3.63) is 0 Å². The van der Waals surface area contributed by atoms with Crippen LogP contribution in [0, 0.1) is 16.2 Å². The number of carbonyl (C=O) groups excluding carboxylic acids is 1. The van der Waals surface area contributed by atoms with Crippen molar-refractivity contribution in [2.45, 2.75) is 72.8 Å². The Hall–Kier alpha value is -0.570. The van der Waals surface area contributed by atoms with Crippen LogP contribution in [0.5, 0.6) is 0 Å². The molecule has 0 amide bonds. The van der Waals surface area contributed by atoms with E-state index in [4.69, 9.17) is 10.5 Å². The van der Waals surface area contributed by atoms with Gasteiger partial charge in [-0.3, -0.25) is 4.79 Å². The van der Waals surface area contributed by atoms with Gasteiger partial charge in [0.15, 0.2) is 0 Å². The molecule has 3 nitrogen and oxygen atoms in total. The monoisotopic (exact) mass is 269 g/mol. The number of esters is 1. The highest BCUT2D eigenvalue weighted by Gasteiger charge is 2.50. The van der Waals surface area contributed by atoms with Crippen LogP contribution in [0.4, 0.5) is 0 Å². The maximum Gasteiger partial charge on any atom is 0.306 e. The highest BCUT2D eigenvalue weighted by molar-refractivity contribution is 5.70. The zero-order chi connectivity index (χ0) is 14.9. The van der Waals surface area contributed by atoms with E-state index in [-0.39, 0.29) is 28.3 Å². The highest BCUT2D eigenvalue weighted by atomic mass is 16.5. The molecule has 1 unspecified atom stereocenters. The molecule has 0 heterocycles. The zero-order valence-corrected chi connectivity index (χ0v) is 13.5. The first-order chi connectivity index (χ1) is 8.56. The van der Waals surface area contributed by atoms with Crippen molar-refractivity contribution in [3.63, 3.8) is 0 Å². The molecule has 0 saturated heterocycles. The molecule has 1 fully saturated rings. The maximum atomic E-state index is 11.8. The number of ether oxygens (including phenoxy) is 1. The lowest BCUT2D eigenvalue weighted by atomic mass is 9.52. The molecule has 1 saturated carbocycles. The van der Waals surface area contributed by atoms with Crippen LogP contribution < -0.4 is 5.73 Å². The van der Waals surface area contributed by atoms with E-state index < -0.39 is 0 Å². The Balaban J connectivity index is 3.11. The van der Waals surface area contributed by atoms with E-state index in [0.29, 0.717) is 6.42 Å². The number of hydrogen-bond donors (Lipinski definition) is 1. The second-order valence-electron chi connectivity index (χ2n) is 7.99. The molecule has 19 heavy (non-hydrogen) atoms. The van der Waals surface area contributed by atoms with Crippen molar-refractivity contribution in [3.8, 4) is 0 Å². The van der Waals surface area contributed by atoms with Gasteiger partial charge in [-0.15, -0.1) is 0 Å². The molecule has 0 bridgehead atoms. The molecule has 1 rings (SSSR count). The number of rotatable bonds is 4. The Morgan fingerprint density at radius 2 is 1.63 bits per heavy atom. The van der Waals surface area contributed by atoms with Crippen LogP contribution in [0.15, 0.2) is 0 Å². The summed E-state index contributed by atoms with van der Waals surface area (Å²) in [4.78, 5) is 11.8. The third-order valence-electron chi connectivity index (χ3n) is 4.57. The third kappa shape index (κ3) is 3.95. The molecule has 0 radical (unpaired) electrons. The summed E-state index contributed by atoms with van der Waals surface area (Å²) in [5, 5.41) is 0. The number of nitrogens with two attached hydrogens (primary N) is 1. The van der Waals surface area contributed by atoms with Crippen LogP contribution in [0.25, 0.3) is 0 Å². The summed E-state index contributed by atoms with van der Waals surface area (Å²) in [7, 11) is 1.46. The third-order valence-corrected chi connectivity index (χ3v) is 4.57. The van der Waals surface area contributed by atoms with E-state index in [9.17, 15) is 4.79 Å². The fourth-order valence-corrected chi connectivity index (χ4v) is 4.70. The largest absolute Gasteiger partial charge is 0.469 e. The minimum Gasteiger partial charge on any atom is -0.469 e. The fraction of sp³-hybridized carbons (Fsp3) is 0.938. The minimum absolute atomic E-state index is 0.0606. The van der Waals surface area contributed by atoms with E-state index in [0.717, 1.165) is 19.3 Å². The number of carbonyl (C=O) groups is 1. The number of hydrogen-bond acceptors (Lipinski definition) is 3. The Bertz CT molecular complexity index is 318. The van der Waals surface area contributed by atoms with Gasteiger partial charge in [-0.05, 0) is 41.9 Å². The Labute approximate surface area is 118 Å². The van der Waals surface area contributed by atoms with Crippen LogP contribution in [-0.2, 0) is 9.53 Å². The standard InChI is InChI=1S/C16H31NO2/c1-7-12(17)16(8-13(18)19-6)10-14(2,3)9-15(4,5)11-16/h12H,7-11,17H2,1-6H3. The van der Waals surface area contributed by atoms with Gasteiger partial charge in [0.25, 0.3) is 0 Å². The normalized spacial score (nSPS) is 25.6. The van der Waals surface area contributed by atoms with Crippen molar-refractivity contribution in [1.29, 1.82) is 0 Å². The Morgan fingerprint density at radius 3 is 2.00 bits per heavy atom. The molecule has 2 N–H and O–H groups in total. The van der Waals surface area contributed by atoms with Crippen LogP contribution in [-0.4, -0.2) is 19.1 Å². The van der Waals surface area contributed by atoms with Crippen LogP contribution in [0.2, 0.25) is 0 Å². The predicted octanol–water partition coefficient (Wildman–Crippen LogP) is 3.51. The van der Waals surface area contributed by atoms with Gasteiger partial charge in [0.05, 0.1) is 13.5 Å². The summed E-state index contributed by atoms with van der Waals surface area (Å²) >= 11 is 0. The van der Waals surface area contributed by atoms with Gasteiger partial charge < -0.3 is 10.5 Å². The summed E-state index contributed by atoms with van der Waals surface area (Å²) in [6, 6.07) is 0.0606. The summed E-state index contributed by atoms with van der Waals surface area (Å²) in [6.07, 6.45) is 4.55. The average molecular weight is 269 g/mol. The Kier molecular flexibility index (Phi) is 4.71. The maximum absolute atomic E-state index is 11.8. The van der Waals surface area contributed by atoms with E-state index in [1.165, 1.54) is 13.5 Å². The van der Waals surface area contributed by atoms with E-state index in [1.54, 1.807) is 0 Å². The molecule has 1 atom stereocenters. The van der Waals surface area contributed by atoms with E-state index >= 15 is 0 Å². The van der Waals surface area contributed by atoms with Crippen LogP contribution in [0.1, 0.15) is 66.7 Å². The second-order valence-corrected chi connectivity index (χ2v) is 7.99. The van der Waals surface area contributed by atoms with Gasteiger partial charge in [0.1, 0.15) is 0 Å². The molecule has 0 aliphatic heterocycles. The molecule has 0 spiro atoms. The molecule has 0 aromatic heterocycles. The molecular weight excluding hydrogens is 238 g/mol. The molecular formula is C16H31NO2. The van der Waals surface area contributed by atoms with Crippen molar-refractivity contribution >= 4 is 5.97 Å². The lowest BCUT2D eigenvalue weighted by Gasteiger charge is -2.54. The quantitative estimate of drug-likeness (QED) is 0.795.